The molecule has 0 atom stereocenters. The fourth-order valence-corrected chi connectivity index (χ4v) is 2.27. The van der Waals surface area contributed by atoms with Gasteiger partial charge >= 0.3 is 0 Å². The molecule has 0 aliphatic rings. The van der Waals surface area contributed by atoms with E-state index in [-0.39, 0.29) is 0 Å². The van der Waals surface area contributed by atoms with Gasteiger partial charge in [0.2, 0.25) is 0 Å². The molecule has 0 bridgehead atoms. The number of aromatic nitrogens is 4. The minimum absolute atomic E-state index is 0.523. The Morgan fingerprint density at radius 3 is 2.50 bits per heavy atom. The first kappa shape index (κ1) is 12.6. The van der Waals surface area contributed by atoms with Gasteiger partial charge in [-0.2, -0.15) is 5.10 Å². The molecule has 2 N–H and O–H groups in total. The van der Waals surface area contributed by atoms with Crippen molar-refractivity contribution in [2.24, 2.45) is 7.05 Å². The normalized spacial score (nSPS) is 10.7. The van der Waals surface area contributed by atoms with Gasteiger partial charge in [0.1, 0.15) is 11.5 Å². The third-order valence-corrected chi connectivity index (χ3v) is 3.34. The number of benzene rings is 1. The summed E-state index contributed by atoms with van der Waals surface area (Å²) in [4.78, 5) is 8.47. The number of nitrogens with zero attached hydrogens (tertiary/aromatic N) is 4. The van der Waals surface area contributed by atoms with Crippen LogP contribution in [0.2, 0.25) is 5.02 Å². The van der Waals surface area contributed by atoms with Crippen LogP contribution < -0.4 is 5.73 Å². The maximum atomic E-state index is 6.27. The summed E-state index contributed by atoms with van der Waals surface area (Å²) < 4.78 is 1.60. The Morgan fingerprint density at radius 2 is 1.80 bits per heavy atom. The minimum Gasteiger partial charge on any atom is -0.383 e. The minimum atomic E-state index is 0.523. The van der Waals surface area contributed by atoms with E-state index < -0.39 is 0 Å². The molecule has 0 aliphatic heterocycles. The monoisotopic (exact) mass is 285 g/mol. The smallest absolute Gasteiger partial charge is 0.180 e. The molecule has 0 unspecified atom stereocenters. The summed E-state index contributed by atoms with van der Waals surface area (Å²) in [6.07, 6.45) is 3.34. The van der Waals surface area contributed by atoms with Gasteiger partial charge in [0.15, 0.2) is 5.82 Å². The maximum Gasteiger partial charge on any atom is 0.180 e. The number of halogens is 1. The fraction of sp³-hybridized carbons (Fsp3) is 0.0714. The summed E-state index contributed by atoms with van der Waals surface area (Å²) >= 11 is 6.27. The maximum absolute atomic E-state index is 6.27. The second-order valence-corrected chi connectivity index (χ2v) is 4.69. The highest BCUT2D eigenvalue weighted by Crippen LogP contribution is 2.37. The molecule has 0 saturated heterocycles. The van der Waals surface area contributed by atoms with Crippen LogP contribution in [-0.4, -0.2) is 19.7 Å². The summed E-state index contributed by atoms with van der Waals surface area (Å²) in [7, 11) is 1.78. The van der Waals surface area contributed by atoms with E-state index in [2.05, 4.69) is 15.1 Å². The highest BCUT2D eigenvalue weighted by atomic mass is 35.5. The standard InChI is InChI=1S/C14H12ClN5/c1-20-13(16)11(9-5-2-3-6-10(9)15)12(19-20)14-17-7-4-8-18-14/h2-8H,16H2,1H3. The summed E-state index contributed by atoms with van der Waals surface area (Å²) in [5.41, 5.74) is 8.33. The third kappa shape index (κ3) is 2.02. The Hall–Kier alpha value is -2.40. The first-order valence-corrected chi connectivity index (χ1v) is 6.41. The van der Waals surface area contributed by atoms with Gasteiger partial charge in [0.05, 0.1) is 5.56 Å². The molecule has 0 fully saturated rings. The van der Waals surface area contributed by atoms with E-state index in [4.69, 9.17) is 17.3 Å². The molecule has 3 rings (SSSR count). The molecule has 0 saturated carbocycles. The van der Waals surface area contributed by atoms with Crippen LogP contribution >= 0.6 is 11.6 Å². The molecular weight excluding hydrogens is 274 g/mol. The van der Waals surface area contributed by atoms with Gasteiger partial charge in [0.25, 0.3) is 0 Å². The van der Waals surface area contributed by atoms with E-state index in [1.54, 1.807) is 30.2 Å². The van der Waals surface area contributed by atoms with E-state index in [9.17, 15) is 0 Å². The fourth-order valence-electron chi connectivity index (χ4n) is 2.04. The van der Waals surface area contributed by atoms with Gasteiger partial charge in [0, 0.05) is 30.0 Å². The van der Waals surface area contributed by atoms with Gasteiger partial charge in [-0.05, 0) is 12.1 Å². The van der Waals surface area contributed by atoms with Gasteiger partial charge in [-0.1, -0.05) is 29.8 Å². The number of nitrogens with two attached hydrogens (primary N) is 1. The zero-order chi connectivity index (χ0) is 14.1. The zero-order valence-corrected chi connectivity index (χ0v) is 11.5. The zero-order valence-electron chi connectivity index (χ0n) is 10.8. The van der Waals surface area contributed by atoms with Crippen LogP contribution in [0.25, 0.3) is 22.6 Å². The summed E-state index contributed by atoms with van der Waals surface area (Å²) in [6.45, 7) is 0. The van der Waals surface area contributed by atoms with E-state index >= 15 is 0 Å². The molecule has 2 heterocycles. The van der Waals surface area contributed by atoms with E-state index in [1.165, 1.54) is 0 Å². The van der Waals surface area contributed by atoms with Crippen molar-refractivity contribution in [3.05, 3.63) is 47.7 Å². The van der Waals surface area contributed by atoms with Crippen molar-refractivity contribution in [3.63, 3.8) is 0 Å². The quantitative estimate of drug-likeness (QED) is 0.786. The summed E-state index contributed by atoms with van der Waals surface area (Å²) in [6, 6.07) is 9.26. The van der Waals surface area contributed by atoms with Crippen LogP contribution in [0.3, 0.4) is 0 Å². The summed E-state index contributed by atoms with van der Waals surface area (Å²) in [5.74, 6) is 1.05. The molecule has 0 spiro atoms. The predicted octanol–water partition coefficient (Wildman–Crippen LogP) is 2.78. The highest BCUT2D eigenvalue weighted by Gasteiger charge is 2.20. The number of hydrogen-bond donors (Lipinski definition) is 1. The molecule has 0 amide bonds. The predicted molar refractivity (Wildman–Crippen MR) is 79.1 cm³/mol. The Labute approximate surface area is 121 Å². The molecule has 5 nitrogen and oxygen atoms in total. The van der Waals surface area contributed by atoms with Gasteiger partial charge in [-0.15, -0.1) is 0 Å². The van der Waals surface area contributed by atoms with Crippen molar-refractivity contribution in [1.29, 1.82) is 0 Å². The molecule has 0 aliphatic carbocycles. The first-order valence-electron chi connectivity index (χ1n) is 6.03. The van der Waals surface area contributed by atoms with Crippen LogP contribution in [-0.2, 0) is 7.05 Å². The van der Waals surface area contributed by atoms with Crippen LogP contribution in [0, 0.1) is 0 Å². The van der Waals surface area contributed by atoms with Crippen molar-refractivity contribution in [1.82, 2.24) is 19.7 Å². The molecule has 6 heteroatoms. The summed E-state index contributed by atoms with van der Waals surface area (Å²) in [5, 5.41) is 5.02. The number of hydrogen-bond acceptors (Lipinski definition) is 4. The Balaban J connectivity index is 2.29. The SMILES string of the molecule is Cn1nc(-c2ncccn2)c(-c2ccccc2Cl)c1N. The van der Waals surface area contributed by atoms with Crippen molar-refractivity contribution < 1.29 is 0 Å². The van der Waals surface area contributed by atoms with E-state index in [1.807, 2.05) is 24.3 Å². The molecule has 1 aromatic carbocycles. The highest BCUT2D eigenvalue weighted by molar-refractivity contribution is 6.33. The second-order valence-electron chi connectivity index (χ2n) is 4.28. The lowest BCUT2D eigenvalue weighted by Gasteiger charge is -2.05. The molecule has 0 radical (unpaired) electrons. The third-order valence-electron chi connectivity index (χ3n) is 3.01. The lowest BCUT2D eigenvalue weighted by Crippen LogP contribution is -1.98. The average molecular weight is 286 g/mol. The Bertz CT molecular complexity index is 752. The molecular formula is C14H12ClN5. The Morgan fingerprint density at radius 1 is 1.10 bits per heavy atom. The Kier molecular flexibility index (Phi) is 3.12. The van der Waals surface area contributed by atoms with Crippen LogP contribution in [0.5, 0.6) is 0 Å². The van der Waals surface area contributed by atoms with Crippen molar-refractivity contribution >= 4 is 17.4 Å². The first-order chi connectivity index (χ1) is 9.68. The molecule has 20 heavy (non-hydrogen) atoms. The van der Waals surface area contributed by atoms with Crippen LogP contribution in [0.4, 0.5) is 5.82 Å². The van der Waals surface area contributed by atoms with Crippen molar-refractivity contribution in [2.75, 3.05) is 5.73 Å². The van der Waals surface area contributed by atoms with Crippen molar-refractivity contribution in [2.45, 2.75) is 0 Å². The van der Waals surface area contributed by atoms with E-state index in [0.717, 1.165) is 11.1 Å². The number of anilines is 1. The average Bonchev–Trinajstić information content (AvgIpc) is 2.77. The second kappa shape index (κ2) is 4.94. The van der Waals surface area contributed by atoms with Gasteiger partial charge in [-0.3, -0.25) is 4.68 Å². The topological polar surface area (TPSA) is 69.6 Å². The lowest BCUT2D eigenvalue weighted by atomic mass is 10.0. The van der Waals surface area contributed by atoms with Gasteiger partial charge < -0.3 is 5.73 Å². The molecule has 100 valence electrons. The van der Waals surface area contributed by atoms with E-state index in [0.29, 0.717) is 22.4 Å². The number of aryl methyl sites for hydroxylation is 1. The number of nitrogen functional groups attached to an aromatic ring is 1. The van der Waals surface area contributed by atoms with Crippen molar-refractivity contribution in [3.8, 4) is 22.6 Å². The van der Waals surface area contributed by atoms with Crippen LogP contribution in [0.1, 0.15) is 0 Å². The van der Waals surface area contributed by atoms with Gasteiger partial charge in [-0.25, -0.2) is 9.97 Å². The molecule has 3 aromatic rings. The molecule has 2 aromatic heterocycles. The largest absolute Gasteiger partial charge is 0.383 e. The number of rotatable bonds is 2. The van der Waals surface area contributed by atoms with Crippen LogP contribution in [0.15, 0.2) is 42.7 Å². The lowest BCUT2D eigenvalue weighted by molar-refractivity contribution is 0.780.